The van der Waals surface area contributed by atoms with Crippen molar-refractivity contribution in [3.8, 4) is 0 Å². The Labute approximate surface area is 95.7 Å². The molecule has 1 aromatic heterocycles. The Bertz CT molecular complexity index is 506. The molecular weight excluding hydrogens is 231 g/mol. The fourth-order valence-electron chi connectivity index (χ4n) is 1.90. The van der Waals surface area contributed by atoms with Gasteiger partial charge in [0.15, 0.2) is 0 Å². The Kier molecular flexibility index (Phi) is 3.12. The number of aliphatic hydroxyl groups is 1. The highest BCUT2D eigenvalue weighted by atomic mass is 19.1. The van der Waals surface area contributed by atoms with E-state index in [1.165, 1.54) is 16.8 Å². The van der Waals surface area contributed by atoms with Crippen LogP contribution in [0, 0.1) is 0 Å². The van der Waals surface area contributed by atoms with Gasteiger partial charge in [-0.1, -0.05) is 0 Å². The Balaban J connectivity index is 2.26. The summed E-state index contributed by atoms with van der Waals surface area (Å²) in [5, 5.41) is 9.08. The molecule has 0 amide bonds. The normalized spacial score (nSPS) is 28.5. The zero-order valence-corrected chi connectivity index (χ0v) is 9.06. The summed E-state index contributed by atoms with van der Waals surface area (Å²) in [5.74, 6) is 0. The molecule has 0 aliphatic carbocycles. The lowest BCUT2D eigenvalue weighted by Gasteiger charge is -2.23. The van der Waals surface area contributed by atoms with Crippen LogP contribution in [0.25, 0.3) is 0 Å². The van der Waals surface area contributed by atoms with E-state index in [0.29, 0.717) is 12.8 Å². The minimum absolute atomic E-state index is 0.330. The minimum Gasteiger partial charge on any atom is -0.393 e. The molecule has 7 heteroatoms. The number of alkyl halides is 1. The Hall–Kier alpha value is -1.47. The SMILES string of the molecule is O=c1ccn([C@@H]2CC[C@](CO)(CF)O2)c(=O)[nH]1. The molecule has 1 saturated heterocycles. The van der Waals surface area contributed by atoms with E-state index in [2.05, 4.69) is 4.98 Å². The number of ether oxygens (including phenoxy) is 1. The standard InChI is InChI=1S/C10H13FN2O4/c11-5-10(6-14)3-1-8(17-10)13-4-2-7(15)12-9(13)16/h2,4,8,14H,1,3,5-6H2,(H,12,15,16)/t8-,10+/m0/s1. The van der Waals surface area contributed by atoms with Crippen molar-refractivity contribution in [2.45, 2.75) is 24.7 Å². The molecule has 0 saturated carbocycles. The molecule has 0 aromatic carbocycles. The van der Waals surface area contributed by atoms with Crippen molar-refractivity contribution in [1.82, 2.24) is 9.55 Å². The molecule has 2 N–H and O–H groups in total. The van der Waals surface area contributed by atoms with Crippen molar-refractivity contribution in [2.75, 3.05) is 13.3 Å². The van der Waals surface area contributed by atoms with Gasteiger partial charge in [-0.2, -0.15) is 0 Å². The van der Waals surface area contributed by atoms with Crippen molar-refractivity contribution < 1.29 is 14.2 Å². The summed E-state index contributed by atoms with van der Waals surface area (Å²) < 4.78 is 19.3. The average Bonchev–Trinajstić information content (AvgIpc) is 2.74. The van der Waals surface area contributed by atoms with E-state index in [1.807, 2.05) is 0 Å². The van der Waals surface area contributed by atoms with Crippen LogP contribution in [0.2, 0.25) is 0 Å². The second-order valence-electron chi connectivity index (χ2n) is 4.10. The number of H-pyrrole nitrogens is 1. The highest BCUT2D eigenvalue weighted by molar-refractivity contribution is 4.91. The Morgan fingerprint density at radius 3 is 2.94 bits per heavy atom. The number of aromatic nitrogens is 2. The fraction of sp³-hybridized carbons (Fsp3) is 0.600. The van der Waals surface area contributed by atoms with Crippen molar-refractivity contribution in [2.24, 2.45) is 0 Å². The van der Waals surface area contributed by atoms with Crippen LogP contribution in [0.3, 0.4) is 0 Å². The van der Waals surface area contributed by atoms with Crippen LogP contribution in [-0.4, -0.2) is 33.5 Å². The first-order valence-electron chi connectivity index (χ1n) is 5.26. The minimum atomic E-state index is -1.22. The maximum Gasteiger partial charge on any atom is 0.330 e. The molecule has 1 aliphatic rings. The van der Waals surface area contributed by atoms with Gasteiger partial charge >= 0.3 is 5.69 Å². The van der Waals surface area contributed by atoms with Gasteiger partial charge in [0.1, 0.15) is 18.5 Å². The average molecular weight is 244 g/mol. The van der Waals surface area contributed by atoms with Crippen LogP contribution in [0.1, 0.15) is 19.1 Å². The van der Waals surface area contributed by atoms with Crippen LogP contribution in [0.15, 0.2) is 21.9 Å². The monoisotopic (exact) mass is 244 g/mol. The summed E-state index contributed by atoms with van der Waals surface area (Å²) in [5.41, 5.74) is -2.32. The molecule has 0 bridgehead atoms. The Morgan fingerprint density at radius 2 is 2.41 bits per heavy atom. The molecule has 17 heavy (non-hydrogen) atoms. The van der Waals surface area contributed by atoms with Crippen molar-refractivity contribution in [3.63, 3.8) is 0 Å². The molecule has 94 valence electrons. The third kappa shape index (κ3) is 2.16. The van der Waals surface area contributed by atoms with Crippen LogP contribution in [0.4, 0.5) is 4.39 Å². The molecule has 0 radical (unpaired) electrons. The number of halogens is 1. The molecule has 0 spiro atoms. The molecule has 1 aliphatic heterocycles. The topological polar surface area (TPSA) is 84.3 Å². The number of nitrogens with one attached hydrogen (secondary N) is 1. The van der Waals surface area contributed by atoms with E-state index in [0.717, 1.165) is 0 Å². The molecule has 2 heterocycles. The van der Waals surface area contributed by atoms with Crippen molar-refractivity contribution in [3.05, 3.63) is 33.1 Å². The second-order valence-corrected chi connectivity index (χ2v) is 4.10. The van der Waals surface area contributed by atoms with Crippen LogP contribution >= 0.6 is 0 Å². The van der Waals surface area contributed by atoms with Gasteiger partial charge in [0.25, 0.3) is 5.56 Å². The lowest BCUT2D eigenvalue weighted by atomic mass is 10.0. The maximum absolute atomic E-state index is 12.8. The zero-order chi connectivity index (χ0) is 12.5. The van der Waals surface area contributed by atoms with Crippen LogP contribution in [0.5, 0.6) is 0 Å². The molecular formula is C10H13FN2O4. The number of nitrogens with zero attached hydrogens (tertiary/aromatic N) is 1. The summed E-state index contributed by atoms with van der Waals surface area (Å²) >= 11 is 0. The van der Waals surface area contributed by atoms with Gasteiger partial charge in [0.2, 0.25) is 0 Å². The summed E-state index contributed by atoms with van der Waals surface area (Å²) in [6.45, 7) is -1.24. The molecule has 2 atom stereocenters. The largest absolute Gasteiger partial charge is 0.393 e. The smallest absolute Gasteiger partial charge is 0.330 e. The van der Waals surface area contributed by atoms with Crippen molar-refractivity contribution >= 4 is 0 Å². The van der Waals surface area contributed by atoms with Crippen LogP contribution in [-0.2, 0) is 4.74 Å². The molecule has 6 nitrogen and oxygen atoms in total. The number of rotatable bonds is 3. The molecule has 0 unspecified atom stereocenters. The summed E-state index contributed by atoms with van der Waals surface area (Å²) in [6, 6.07) is 1.19. The number of hydrogen-bond acceptors (Lipinski definition) is 4. The summed E-state index contributed by atoms with van der Waals surface area (Å²) in [4.78, 5) is 24.5. The summed E-state index contributed by atoms with van der Waals surface area (Å²) in [6.07, 6.45) is 1.40. The highest BCUT2D eigenvalue weighted by Gasteiger charge is 2.41. The number of aliphatic hydroxyl groups excluding tert-OH is 1. The van der Waals surface area contributed by atoms with E-state index in [4.69, 9.17) is 9.84 Å². The quantitative estimate of drug-likeness (QED) is 0.754. The van der Waals surface area contributed by atoms with Gasteiger partial charge in [-0.15, -0.1) is 0 Å². The first-order chi connectivity index (χ1) is 8.10. The van der Waals surface area contributed by atoms with Gasteiger partial charge in [0.05, 0.1) is 6.61 Å². The highest BCUT2D eigenvalue weighted by Crippen LogP contribution is 2.35. The van der Waals surface area contributed by atoms with E-state index < -0.39 is 36.4 Å². The van der Waals surface area contributed by atoms with E-state index >= 15 is 0 Å². The fourth-order valence-corrected chi connectivity index (χ4v) is 1.90. The molecule has 1 aromatic rings. The lowest BCUT2D eigenvalue weighted by Crippen LogP contribution is -2.37. The zero-order valence-electron chi connectivity index (χ0n) is 9.06. The van der Waals surface area contributed by atoms with Gasteiger partial charge in [0, 0.05) is 12.3 Å². The van der Waals surface area contributed by atoms with Gasteiger partial charge in [-0.3, -0.25) is 14.3 Å². The predicted molar refractivity (Wildman–Crippen MR) is 56.5 cm³/mol. The number of aromatic amines is 1. The third-order valence-corrected chi connectivity index (χ3v) is 2.93. The van der Waals surface area contributed by atoms with Crippen LogP contribution < -0.4 is 11.2 Å². The lowest BCUT2D eigenvalue weighted by molar-refractivity contribution is -0.109. The maximum atomic E-state index is 12.8. The predicted octanol–water partition coefficient (Wildman–Crippen LogP) is -0.454. The van der Waals surface area contributed by atoms with Gasteiger partial charge < -0.3 is 9.84 Å². The Morgan fingerprint density at radius 1 is 1.65 bits per heavy atom. The van der Waals surface area contributed by atoms with E-state index in [9.17, 15) is 14.0 Å². The molecule has 2 rings (SSSR count). The second kappa shape index (κ2) is 4.42. The van der Waals surface area contributed by atoms with Gasteiger partial charge in [-0.25, -0.2) is 9.18 Å². The molecule has 1 fully saturated rings. The van der Waals surface area contributed by atoms with Crippen molar-refractivity contribution in [1.29, 1.82) is 0 Å². The van der Waals surface area contributed by atoms with Gasteiger partial charge in [-0.05, 0) is 12.8 Å². The number of hydrogen-bond donors (Lipinski definition) is 2. The van der Waals surface area contributed by atoms with E-state index in [1.54, 1.807) is 0 Å². The first kappa shape index (κ1) is 12.0. The first-order valence-corrected chi connectivity index (χ1v) is 5.26. The van der Waals surface area contributed by atoms with E-state index in [-0.39, 0.29) is 0 Å². The summed E-state index contributed by atoms with van der Waals surface area (Å²) in [7, 11) is 0. The third-order valence-electron chi connectivity index (χ3n) is 2.93.